The molecule has 0 spiro atoms. The minimum Gasteiger partial charge on any atom is -0.457 e. The predicted octanol–water partition coefficient (Wildman–Crippen LogP) is 2.98. The highest BCUT2D eigenvalue weighted by Crippen LogP contribution is 2.26. The maximum Gasteiger partial charge on any atom is 0.194 e. The van der Waals surface area contributed by atoms with E-state index >= 15 is 0 Å². The van der Waals surface area contributed by atoms with Crippen LogP contribution < -0.4 is 10.5 Å². The molecule has 3 aromatic rings. The molecule has 0 aliphatic rings. The van der Waals surface area contributed by atoms with Gasteiger partial charge >= 0.3 is 0 Å². The molecule has 0 aliphatic heterocycles. The zero-order chi connectivity index (χ0) is 20.7. The van der Waals surface area contributed by atoms with E-state index in [1.54, 1.807) is 6.26 Å². The average molecular weight is 397 g/mol. The van der Waals surface area contributed by atoms with E-state index in [2.05, 4.69) is 17.6 Å². The lowest BCUT2D eigenvalue weighted by Gasteiger charge is -2.20. The summed E-state index contributed by atoms with van der Waals surface area (Å²) >= 11 is 0. The molecular formula is C23H29N2O4+. The van der Waals surface area contributed by atoms with E-state index in [4.69, 9.17) is 9.15 Å². The van der Waals surface area contributed by atoms with Gasteiger partial charge in [-0.25, -0.2) is 4.98 Å². The van der Waals surface area contributed by atoms with Crippen molar-refractivity contribution < 1.29 is 25.1 Å². The summed E-state index contributed by atoms with van der Waals surface area (Å²) in [6, 6.07) is 15.6. The van der Waals surface area contributed by atoms with Crippen LogP contribution in [0.25, 0.3) is 11.3 Å². The topological polar surface area (TPSA) is 103 Å². The average Bonchev–Trinajstić information content (AvgIpc) is 3.22. The number of aromatic nitrogens is 1. The molecule has 0 unspecified atom stereocenters. The number of nitrogens with zero attached hydrogens (tertiary/aromatic N) is 1. The van der Waals surface area contributed by atoms with Crippen LogP contribution in [0, 0.1) is 0 Å². The molecule has 1 heterocycles. The van der Waals surface area contributed by atoms with E-state index in [1.165, 1.54) is 0 Å². The Morgan fingerprint density at radius 3 is 2.17 bits per heavy atom. The highest BCUT2D eigenvalue weighted by molar-refractivity contribution is 5.59. The zero-order valence-electron chi connectivity index (χ0n) is 16.8. The summed E-state index contributed by atoms with van der Waals surface area (Å²) in [6.45, 7) is 1.84. The fourth-order valence-corrected chi connectivity index (χ4v) is 2.94. The van der Waals surface area contributed by atoms with Crippen molar-refractivity contribution in [3.8, 4) is 22.8 Å². The fraction of sp³-hybridized carbons (Fsp3) is 0.348. The van der Waals surface area contributed by atoms with Crippen LogP contribution in [0.3, 0.4) is 0 Å². The van der Waals surface area contributed by atoms with Gasteiger partial charge in [0.2, 0.25) is 0 Å². The first-order valence-corrected chi connectivity index (χ1v) is 9.94. The maximum atomic E-state index is 9.34. The van der Waals surface area contributed by atoms with Crippen molar-refractivity contribution in [1.29, 1.82) is 0 Å². The minimum atomic E-state index is -0.696. The number of ether oxygens (including phenoxy) is 1. The van der Waals surface area contributed by atoms with Crippen LogP contribution >= 0.6 is 0 Å². The molecule has 0 saturated carbocycles. The van der Waals surface area contributed by atoms with Crippen molar-refractivity contribution in [1.82, 2.24) is 4.98 Å². The van der Waals surface area contributed by atoms with E-state index in [-0.39, 0.29) is 13.2 Å². The summed E-state index contributed by atoms with van der Waals surface area (Å²) in [5.41, 5.74) is 6.13. The van der Waals surface area contributed by atoms with Gasteiger partial charge in [-0.1, -0.05) is 19.1 Å². The first-order chi connectivity index (χ1) is 14.0. The van der Waals surface area contributed by atoms with Gasteiger partial charge in [0.15, 0.2) is 5.89 Å². The summed E-state index contributed by atoms with van der Waals surface area (Å²) in [5, 5.41) is 18.7. The molecule has 5 N–H and O–H groups in total. The summed E-state index contributed by atoms with van der Waals surface area (Å²) in [5.74, 6) is 2.26. The third kappa shape index (κ3) is 5.67. The van der Waals surface area contributed by atoms with Crippen molar-refractivity contribution in [2.24, 2.45) is 0 Å². The number of hydrogen-bond donors (Lipinski definition) is 3. The van der Waals surface area contributed by atoms with Gasteiger partial charge in [0, 0.05) is 18.4 Å². The van der Waals surface area contributed by atoms with Gasteiger partial charge in [-0.3, -0.25) is 0 Å². The van der Waals surface area contributed by atoms with Crippen LogP contribution in [0.15, 0.2) is 59.2 Å². The standard InChI is InChI=1S/C23H28N2O4/c1-2-3-22-25-21(14-28-22)18-6-10-20(11-7-18)29-19-8-4-17(5-9-19)12-13-23(24,15-26)16-27/h4-11,14,26-27H,2-3,12-13,15-16,24H2,1H3/p+1. The van der Waals surface area contributed by atoms with Crippen LogP contribution in [-0.4, -0.2) is 33.9 Å². The summed E-state index contributed by atoms with van der Waals surface area (Å²) in [6.07, 6.45) is 4.88. The van der Waals surface area contributed by atoms with Gasteiger partial charge < -0.3 is 25.1 Å². The van der Waals surface area contributed by atoms with Crippen LogP contribution in [-0.2, 0) is 12.8 Å². The normalized spacial score (nSPS) is 11.6. The SMILES string of the molecule is CCCc1nc(-c2ccc(Oc3ccc(CCC([NH3+])(CO)CO)cc3)cc2)co1. The molecule has 0 atom stereocenters. The Balaban J connectivity index is 1.58. The Morgan fingerprint density at radius 1 is 0.966 bits per heavy atom. The molecule has 3 rings (SSSR count). The number of aliphatic hydroxyl groups excluding tert-OH is 2. The van der Waals surface area contributed by atoms with Crippen LogP contribution in [0.1, 0.15) is 31.2 Å². The molecule has 0 aliphatic carbocycles. The Labute approximate surface area is 171 Å². The van der Waals surface area contributed by atoms with Crippen molar-refractivity contribution in [3.05, 3.63) is 66.2 Å². The largest absolute Gasteiger partial charge is 0.457 e. The highest BCUT2D eigenvalue weighted by atomic mass is 16.5. The van der Waals surface area contributed by atoms with Crippen molar-refractivity contribution in [3.63, 3.8) is 0 Å². The predicted molar refractivity (Wildman–Crippen MR) is 111 cm³/mol. The van der Waals surface area contributed by atoms with Crippen molar-refractivity contribution in [2.45, 2.75) is 38.1 Å². The van der Waals surface area contributed by atoms with Gasteiger partial charge in [-0.15, -0.1) is 0 Å². The minimum absolute atomic E-state index is 0.130. The maximum absolute atomic E-state index is 9.34. The van der Waals surface area contributed by atoms with Crippen molar-refractivity contribution in [2.75, 3.05) is 13.2 Å². The molecule has 0 bridgehead atoms. The molecule has 0 fully saturated rings. The highest BCUT2D eigenvalue weighted by Gasteiger charge is 2.26. The third-order valence-electron chi connectivity index (χ3n) is 4.94. The van der Waals surface area contributed by atoms with Gasteiger partial charge in [0.05, 0.1) is 0 Å². The number of benzene rings is 2. The number of aliphatic hydroxyl groups is 2. The van der Waals surface area contributed by atoms with E-state index in [0.717, 1.165) is 53.5 Å². The summed E-state index contributed by atoms with van der Waals surface area (Å²) in [4.78, 5) is 4.50. The van der Waals surface area contributed by atoms with E-state index in [1.807, 2.05) is 48.5 Å². The molecule has 1 aromatic heterocycles. The first kappa shape index (κ1) is 21.0. The molecule has 154 valence electrons. The number of quaternary nitrogens is 1. The Morgan fingerprint density at radius 2 is 1.59 bits per heavy atom. The molecule has 2 aromatic carbocycles. The molecular weight excluding hydrogens is 368 g/mol. The molecule has 0 amide bonds. The van der Waals surface area contributed by atoms with Crippen LogP contribution in [0.5, 0.6) is 11.5 Å². The van der Waals surface area contributed by atoms with Gasteiger partial charge in [0.1, 0.15) is 42.2 Å². The molecule has 29 heavy (non-hydrogen) atoms. The zero-order valence-corrected chi connectivity index (χ0v) is 16.8. The first-order valence-electron chi connectivity index (χ1n) is 9.94. The number of hydrogen-bond acceptors (Lipinski definition) is 5. The molecule has 6 nitrogen and oxygen atoms in total. The van der Waals surface area contributed by atoms with Gasteiger partial charge in [0.25, 0.3) is 0 Å². The second-order valence-electron chi connectivity index (χ2n) is 7.46. The van der Waals surface area contributed by atoms with Gasteiger partial charge in [-0.2, -0.15) is 0 Å². The second-order valence-corrected chi connectivity index (χ2v) is 7.46. The summed E-state index contributed by atoms with van der Waals surface area (Å²) in [7, 11) is 0. The smallest absolute Gasteiger partial charge is 0.194 e. The Bertz CT molecular complexity index is 884. The van der Waals surface area contributed by atoms with E-state index in [0.29, 0.717) is 6.42 Å². The third-order valence-corrected chi connectivity index (χ3v) is 4.94. The number of aryl methyl sites for hydroxylation is 2. The van der Waals surface area contributed by atoms with Crippen molar-refractivity contribution >= 4 is 0 Å². The quantitative estimate of drug-likeness (QED) is 0.488. The van der Waals surface area contributed by atoms with Gasteiger partial charge in [-0.05, 0) is 54.8 Å². The van der Waals surface area contributed by atoms with Crippen LogP contribution in [0.4, 0.5) is 0 Å². The lowest BCUT2D eigenvalue weighted by Crippen LogP contribution is -2.76. The molecule has 0 saturated heterocycles. The molecule has 6 heteroatoms. The number of oxazole rings is 1. The molecule has 0 radical (unpaired) electrons. The Hall–Kier alpha value is -2.67. The van der Waals surface area contributed by atoms with E-state index < -0.39 is 5.54 Å². The second kappa shape index (κ2) is 9.69. The monoisotopic (exact) mass is 397 g/mol. The fourth-order valence-electron chi connectivity index (χ4n) is 2.94. The Kier molecular flexibility index (Phi) is 7.04. The lowest BCUT2D eigenvalue weighted by atomic mass is 9.94. The van der Waals surface area contributed by atoms with E-state index in [9.17, 15) is 10.2 Å². The van der Waals surface area contributed by atoms with Crippen LogP contribution in [0.2, 0.25) is 0 Å². The number of rotatable bonds is 10. The summed E-state index contributed by atoms with van der Waals surface area (Å²) < 4.78 is 11.4. The lowest BCUT2D eigenvalue weighted by molar-refractivity contribution is -0.491.